The van der Waals surface area contributed by atoms with Crippen LogP contribution >= 0.6 is 0 Å². The molecule has 202 valence electrons. The van der Waals surface area contributed by atoms with Crippen molar-refractivity contribution in [2.45, 2.75) is 45.2 Å². The Labute approximate surface area is 225 Å². The minimum Gasteiger partial charge on any atom is -0.497 e. The fraction of sp³-hybridized carbons (Fsp3) is 0.310. The first-order valence-electron chi connectivity index (χ1n) is 12.4. The van der Waals surface area contributed by atoms with Gasteiger partial charge in [0.05, 0.1) is 17.7 Å². The predicted molar refractivity (Wildman–Crippen MR) is 149 cm³/mol. The molecule has 0 saturated heterocycles. The van der Waals surface area contributed by atoms with Crippen LogP contribution in [0.4, 0.5) is 5.69 Å². The third-order valence-electron chi connectivity index (χ3n) is 6.24. The van der Waals surface area contributed by atoms with Crippen LogP contribution in [0.5, 0.6) is 5.75 Å². The molecule has 1 atom stereocenters. The summed E-state index contributed by atoms with van der Waals surface area (Å²) >= 11 is 0. The fourth-order valence-corrected chi connectivity index (χ4v) is 5.32. The van der Waals surface area contributed by atoms with Crippen LogP contribution in [-0.2, 0) is 26.2 Å². The fourth-order valence-electron chi connectivity index (χ4n) is 3.91. The monoisotopic (exact) mass is 537 g/mol. The number of rotatable bonds is 11. The molecule has 3 rings (SSSR count). The molecular weight excluding hydrogens is 502 g/mol. The smallest absolute Gasteiger partial charge is 0.264 e. The third-order valence-corrected chi connectivity index (χ3v) is 8.03. The second-order valence-electron chi connectivity index (χ2n) is 9.10. The van der Waals surface area contributed by atoms with Crippen LogP contribution in [0.25, 0.3) is 0 Å². The molecular formula is C29H35N3O5S. The van der Waals surface area contributed by atoms with E-state index in [0.29, 0.717) is 18.0 Å². The number of aryl methyl sites for hydroxylation is 2. The number of hydrogen-bond acceptors (Lipinski definition) is 5. The maximum absolute atomic E-state index is 13.8. The number of carbonyl (C=O) groups excluding carboxylic acids is 2. The maximum atomic E-state index is 13.8. The van der Waals surface area contributed by atoms with Gasteiger partial charge in [-0.05, 0) is 69.7 Å². The van der Waals surface area contributed by atoms with Gasteiger partial charge in [0, 0.05) is 13.1 Å². The average molecular weight is 538 g/mol. The summed E-state index contributed by atoms with van der Waals surface area (Å²) in [6.07, 6.45) is 0. The van der Waals surface area contributed by atoms with E-state index in [2.05, 4.69) is 5.32 Å². The van der Waals surface area contributed by atoms with Crippen LogP contribution in [0.3, 0.4) is 0 Å². The van der Waals surface area contributed by atoms with Crippen molar-refractivity contribution in [3.8, 4) is 5.75 Å². The molecule has 0 aliphatic heterocycles. The lowest BCUT2D eigenvalue weighted by Crippen LogP contribution is -2.51. The molecule has 0 spiro atoms. The zero-order chi connectivity index (χ0) is 27.9. The molecule has 3 aromatic carbocycles. The molecule has 0 saturated carbocycles. The highest BCUT2D eigenvalue weighted by Crippen LogP contribution is 2.27. The molecule has 0 aliphatic rings. The van der Waals surface area contributed by atoms with Gasteiger partial charge >= 0.3 is 0 Å². The first-order valence-corrected chi connectivity index (χ1v) is 13.9. The third kappa shape index (κ3) is 6.92. The number of amides is 2. The van der Waals surface area contributed by atoms with E-state index >= 15 is 0 Å². The number of sulfonamides is 1. The van der Waals surface area contributed by atoms with Gasteiger partial charge in [-0.25, -0.2) is 8.42 Å². The van der Waals surface area contributed by atoms with Crippen LogP contribution in [0.15, 0.2) is 77.7 Å². The van der Waals surface area contributed by atoms with Crippen molar-refractivity contribution in [2.24, 2.45) is 0 Å². The summed E-state index contributed by atoms with van der Waals surface area (Å²) in [6.45, 7) is 7.35. The number of methoxy groups -OCH3 is 1. The average Bonchev–Trinajstić information content (AvgIpc) is 2.91. The van der Waals surface area contributed by atoms with Gasteiger partial charge in [-0.3, -0.25) is 13.9 Å². The first kappa shape index (κ1) is 28.7. The van der Waals surface area contributed by atoms with Crippen molar-refractivity contribution in [1.29, 1.82) is 0 Å². The predicted octanol–water partition coefficient (Wildman–Crippen LogP) is 4.06. The Kier molecular flexibility index (Phi) is 9.52. The number of ether oxygens (including phenoxy) is 1. The van der Waals surface area contributed by atoms with E-state index in [1.807, 2.05) is 38.1 Å². The summed E-state index contributed by atoms with van der Waals surface area (Å²) in [7, 11) is -2.59. The van der Waals surface area contributed by atoms with Crippen molar-refractivity contribution < 1.29 is 22.7 Å². The highest BCUT2D eigenvalue weighted by Gasteiger charge is 2.32. The molecule has 8 nitrogen and oxygen atoms in total. The molecule has 0 fully saturated rings. The molecule has 0 aromatic heterocycles. The largest absolute Gasteiger partial charge is 0.497 e. The minimum atomic E-state index is -4.11. The first-order chi connectivity index (χ1) is 18.1. The highest BCUT2D eigenvalue weighted by atomic mass is 32.2. The minimum absolute atomic E-state index is 0.0635. The van der Waals surface area contributed by atoms with E-state index in [1.54, 1.807) is 50.2 Å². The van der Waals surface area contributed by atoms with E-state index < -0.39 is 28.5 Å². The Hall–Kier alpha value is -3.85. The summed E-state index contributed by atoms with van der Waals surface area (Å²) < 4.78 is 33.9. The van der Waals surface area contributed by atoms with Crippen LogP contribution in [-0.4, -0.2) is 51.4 Å². The van der Waals surface area contributed by atoms with Crippen LogP contribution < -0.4 is 14.4 Å². The van der Waals surface area contributed by atoms with Crippen molar-refractivity contribution in [1.82, 2.24) is 10.2 Å². The van der Waals surface area contributed by atoms with Gasteiger partial charge in [0.2, 0.25) is 11.8 Å². The van der Waals surface area contributed by atoms with Crippen molar-refractivity contribution in [2.75, 3.05) is 24.5 Å². The van der Waals surface area contributed by atoms with Crippen LogP contribution in [0, 0.1) is 13.8 Å². The summed E-state index contributed by atoms with van der Waals surface area (Å²) in [6, 6.07) is 19.8. The van der Waals surface area contributed by atoms with E-state index in [9.17, 15) is 18.0 Å². The van der Waals surface area contributed by atoms with Crippen molar-refractivity contribution in [3.63, 3.8) is 0 Å². The Morgan fingerprint density at radius 2 is 1.45 bits per heavy atom. The molecule has 0 heterocycles. The summed E-state index contributed by atoms with van der Waals surface area (Å²) in [4.78, 5) is 28.1. The van der Waals surface area contributed by atoms with Gasteiger partial charge in [0.15, 0.2) is 0 Å². The number of anilines is 1. The molecule has 0 unspecified atom stereocenters. The number of nitrogens with one attached hydrogen (secondary N) is 1. The van der Waals surface area contributed by atoms with Gasteiger partial charge in [-0.1, -0.05) is 47.5 Å². The Balaban J connectivity index is 2.02. The molecule has 9 heteroatoms. The van der Waals surface area contributed by atoms with Gasteiger partial charge in [0.1, 0.15) is 18.3 Å². The molecule has 38 heavy (non-hydrogen) atoms. The molecule has 0 bridgehead atoms. The lowest BCUT2D eigenvalue weighted by molar-refractivity contribution is -0.139. The molecule has 2 amide bonds. The summed E-state index contributed by atoms with van der Waals surface area (Å²) in [5, 5.41) is 2.76. The van der Waals surface area contributed by atoms with Crippen LogP contribution in [0.1, 0.15) is 30.5 Å². The summed E-state index contributed by atoms with van der Waals surface area (Å²) in [5.41, 5.74) is 3.12. The van der Waals surface area contributed by atoms with Crippen LogP contribution in [0.2, 0.25) is 0 Å². The van der Waals surface area contributed by atoms with E-state index in [0.717, 1.165) is 21.0 Å². The van der Waals surface area contributed by atoms with Gasteiger partial charge in [0.25, 0.3) is 10.0 Å². The zero-order valence-electron chi connectivity index (χ0n) is 22.5. The van der Waals surface area contributed by atoms with E-state index in [-0.39, 0.29) is 17.3 Å². The lowest BCUT2D eigenvalue weighted by atomic mass is 10.1. The Bertz CT molecular complexity index is 1340. The number of likely N-dealkylation sites (N-methyl/N-ethyl adjacent to an activating group) is 1. The number of benzene rings is 3. The topological polar surface area (TPSA) is 96.0 Å². The molecule has 0 radical (unpaired) electrons. The number of carbonyl (C=O) groups is 2. The molecule has 0 aliphatic carbocycles. The Morgan fingerprint density at radius 3 is 1.97 bits per heavy atom. The Morgan fingerprint density at radius 1 is 0.895 bits per heavy atom. The number of hydrogen-bond donors (Lipinski definition) is 1. The second-order valence-corrected chi connectivity index (χ2v) is 11.0. The summed E-state index contributed by atoms with van der Waals surface area (Å²) in [5.74, 6) is -0.264. The zero-order valence-corrected chi connectivity index (χ0v) is 23.3. The highest BCUT2D eigenvalue weighted by molar-refractivity contribution is 7.92. The van der Waals surface area contributed by atoms with Gasteiger partial charge < -0.3 is 15.0 Å². The molecule has 1 N–H and O–H groups in total. The maximum Gasteiger partial charge on any atom is 0.264 e. The number of nitrogens with zero attached hydrogens (tertiary/aromatic N) is 2. The standard InChI is InChI=1S/C29H35N3O5S/c1-6-30-29(34)23(4)31(19-24-11-7-21(2)8-12-24)28(33)20-32(25-13-15-26(37-5)16-14-25)38(35,36)27-17-9-22(3)10-18-27/h7-18,23H,6,19-20H2,1-5H3,(H,30,34)/t23-/m0/s1. The molecule has 3 aromatic rings. The van der Waals surface area contributed by atoms with Crippen molar-refractivity contribution in [3.05, 3.63) is 89.5 Å². The van der Waals surface area contributed by atoms with E-state index in [4.69, 9.17) is 4.74 Å². The second kappa shape index (κ2) is 12.6. The van der Waals surface area contributed by atoms with Crippen molar-refractivity contribution >= 4 is 27.5 Å². The lowest BCUT2D eigenvalue weighted by Gasteiger charge is -2.32. The van der Waals surface area contributed by atoms with Gasteiger partial charge in [-0.2, -0.15) is 0 Å². The quantitative estimate of drug-likeness (QED) is 0.398. The van der Waals surface area contributed by atoms with E-state index in [1.165, 1.54) is 24.1 Å². The normalized spacial score (nSPS) is 11.9. The van der Waals surface area contributed by atoms with Gasteiger partial charge in [-0.15, -0.1) is 0 Å². The SMILES string of the molecule is CCNC(=O)[C@H](C)N(Cc1ccc(C)cc1)C(=O)CN(c1ccc(OC)cc1)S(=O)(=O)c1ccc(C)cc1.